The first-order valence-electron chi connectivity index (χ1n) is 11.0. The second-order valence-electron chi connectivity index (χ2n) is 8.32. The van der Waals surface area contributed by atoms with Gasteiger partial charge in [0.05, 0.1) is 11.9 Å². The van der Waals surface area contributed by atoms with E-state index < -0.39 is 16.1 Å². The molecule has 1 aliphatic heterocycles. The van der Waals surface area contributed by atoms with E-state index >= 15 is 0 Å². The van der Waals surface area contributed by atoms with Gasteiger partial charge in [-0.05, 0) is 49.4 Å². The number of hydrogen-bond donors (Lipinski definition) is 1. The van der Waals surface area contributed by atoms with Crippen molar-refractivity contribution in [3.63, 3.8) is 0 Å². The first-order chi connectivity index (χ1) is 16.3. The molecule has 5 rings (SSSR count). The number of aryl methyl sites for hydroxylation is 1. The van der Waals surface area contributed by atoms with Crippen molar-refractivity contribution in [1.82, 2.24) is 4.57 Å². The SMILES string of the molecule is CCn1c2ccccc2c2cc(NC(=O)C3CCN(S(C)(=O)=O)c4cc(Cl)ccc4O3)ccc21. The molecule has 1 aliphatic rings. The summed E-state index contributed by atoms with van der Waals surface area (Å²) in [4.78, 5) is 13.2. The van der Waals surface area contributed by atoms with Crippen LogP contribution in [0, 0.1) is 0 Å². The van der Waals surface area contributed by atoms with Gasteiger partial charge in [0, 0.05) is 52.0 Å². The highest BCUT2D eigenvalue weighted by Crippen LogP contribution is 2.37. The molecule has 0 aliphatic carbocycles. The maximum Gasteiger partial charge on any atom is 0.265 e. The molecular formula is C25H24ClN3O4S. The largest absolute Gasteiger partial charge is 0.478 e. The van der Waals surface area contributed by atoms with Gasteiger partial charge in [-0.25, -0.2) is 8.42 Å². The van der Waals surface area contributed by atoms with Crippen LogP contribution in [-0.2, 0) is 21.4 Å². The topological polar surface area (TPSA) is 80.6 Å². The molecule has 1 aromatic heterocycles. The van der Waals surface area contributed by atoms with Crippen LogP contribution >= 0.6 is 11.6 Å². The van der Waals surface area contributed by atoms with Gasteiger partial charge in [0.25, 0.3) is 5.91 Å². The van der Waals surface area contributed by atoms with Crippen molar-refractivity contribution in [2.24, 2.45) is 0 Å². The summed E-state index contributed by atoms with van der Waals surface area (Å²) < 4.78 is 34.2. The van der Waals surface area contributed by atoms with Gasteiger partial charge in [0.1, 0.15) is 5.75 Å². The van der Waals surface area contributed by atoms with Crippen LogP contribution in [0.1, 0.15) is 13.3 Å². The average molecular weight is 498 g/mol. The number of aromatic nitrogens is 1. The van der Waals surface area contributed by atoms with Crippen molar-refractivity contribution in [2.75, 3.05) is 22.4 Å². The molecule has 0 saturated heterocycles. The van der Waals surface area contributed by atoms with Crippen molar-refractivity contribution in [3.05, 3.63) is 65.7 Å². The molecule has 3 aromatic carbocycles. The van der Waals surface area contributed by atoms with Gasteiger partial charge in [-0.3, -0.25) is 9.10 Å². The third-order valence-corrected chi connectivity index (χ3v) is 7.52. The Kier molecular flexibility index (Phi) is 5.65. The number of nitrogens with zero attached hydrogens (tertiary/aromatic N) is 2. The zero-order chi connectivity index (χ0) is 24.0. The zero-order valence-electron chi connectivity index (χ0n) is 18.8. The average Bonchev–Trinajstić information content (AvgIpc) is 2.97. The third kappa shape index (κ3) is 3.97. The number of carbonyl (C=O) groups is 1. The minimum absolute atomic E-state index is 0.104. The molecule has 176 valence electrons. The molecule has 0 spiro atoms. The second-order valence-corrected chi connectivity index (χ2v) is 10.7. The number of fused-ring (bicyclic) bond motifs is 4. The van der Waals surface area contributed by atoms with Crippen LogP contribution < -0.4 is 14.4 Å². The van der Waals surface area contributed by atoms with E-state index in [1.807, 2.05) is 30.3 Å². The molecule has 9 heteroatoms. The second kappa shape index (κ2) is 8.52. The lowest BCUT2D eigenvalue weighted by molar-refractivity contribution is -0.122. The quantitative estimate of drug-likeness (QED) is 0.429. The lowest BCUT2D eigenvalue weighted by Crippen LogP contribution is -2.35. The van der Waals surface area contributed by atoms with Gasteiger partial charge in [-0.15, -0.1) is 0 Å². The number of benzene rings is 3. The number of carbonyl (C=O) groups excluding carboxylic acids is 1. The summed E-state index contributed by atoms with van der Waals surface area (Å²) in [7, 11) is -3.57. The summed E-state index contributed by atoms with van der Waals surface area (Å²) >= 11 is 6.09. The number of sulfonamides is 1. The fraction of sp³-hybridized carbons (Fsp3) is 0.240. The minimum Gasteiger partial charge on any atom is -0.478 e. The highest BCUT2D eigenvalue weighted by Gasteiger charge is 2.31. The van der Waals surface area contributed by atoms with Crippen molar-refractivity contribution in [2.45, 2.75) is 26.0 Å². The van der Waals surface area contributed by atoms with Crippen LogP contribution in [-0.4, -0.2) is 37.8 Å². The Labute approximate surface area is 202 Å². The van der Waals surface area contributed by atoms with Crippen LogP contribution in [0.25, 0.3) is 21.8 Å². The van der Waals surface area contributed by atoms with Crippen molar-refractivity contribution < 1.29 is 17.9 Å². The van der Waals surface area contributed by atoms with Gasteiger partial charge in [-0.2, -0.15) is 0 Å². The molecule has 0 radical (unpaired) electrons. The molecule has 4 aromatic rings. The summed E-state index contributed by atoms with van der Waals surface area (Å²) in [6.45, 7) is 3.05. The lowest BCUT2D eigenvalue weighted by atomic mass is 10.1. The molecular weight excluding hydrogens is 474 g/mol. The number of nitrogens with one attached hydrogen (secondary N) is 1. The van der Waals surface area contributed by atoms with E-state index in [1.54, 1.807) is 12.1 Å². The summed E-state index contributed by atoms with van der Waals surface area (Å²) in [5, 5.41) is 5.52. The number of para-hydroxylation sites is 1. The Hall–Kier alpha value is -3.23. The molecule has 0 bridgehead atoms. The van der Waals surface area contributed by atoms with E-state index in [-0.39, 0.29) is 18.9 Å². The molecule has 1 unspecified atom stereocenters. The van der Waals surface area contributed by atoms with Crippen LogP contribution in [0.15, 0.2) is 60.7 Å². The summed E-state index contributed by atoms with van der Waals surface area (Å²) in [5.74, 6) is -0.0382. The van der Waals surface area contributed by atoms with E-state index in [0.717, 1.165) is 34.6 Å². The van der Waals surface area contributed by atoms with Gasteiger partial charge in [0.2, 0.25) is 10.0 Å². The summed E-state index contributed by atoms with van der Waals surface area (Å²) in [6.07, 6.45) is 0.460. The van der Waals surface area contributed by atoms with Crippen LogP contribution in [0.4, 0.5) is 11.4 Å². The van der Waals surface area contributed by atoms with E-state index in [2.05, 4.69) is 28.9 Å². The van der Waals surface area contributed by atoms with Gasteiger partial charge < -0.3 is 14.6 Å². The summed E-state index contributed by atoms with van der Waals surface area (Å²) in [6, 6.07) is 18.8. The zero-order valence-corrected chi connectivity index (χ0v) is 20.4. The van der Waals surface area contributed by atoms with Gasteiger partial charge >= 0.3 is 0 Å². The van der Waals surface area contributed by atoms with Crippen molar-refractivity contribution in [3.8, 4) is 5.75 Å². The van der Waals surface area contributed by atoms with Crippen LogP contribution in [0.3, 0.4) is 0 Å². The van der Waals surface area contributed by atoms with E-state index in [1.165, 1.54) is 10.4 Å². The molecule has 1 atom stereocenters. The lowest BCUT2D eigenvalue weighted by Gasteiger charge is -2.21. The fourth-order valence-electron chi connectivity index (χ4n) is 4.58. The number of amides is 1. The number of rotatable bonds is 4. The molecule has 1 N–H and O–H groups in total. The Bertz CT molecular complexity index is 1530. The Balaban J connectivity index is 1.45. The Morgan fingerprint density at radius 1 is 1.09 bits per heavy atom. The summed E-state index contributed by atoms with van der Waals surface area (Å²) in [5.41, 5.74) is 3.23. The van der Waals surface area contributed by atoms with Crippen molar-refractivity contribution >= 4 is 60.7 Å². The molecule has 0 saturated carbocycles. The van der Waals surface area contributed by atoms with Crippen molar-refractivity contribution in [1.29, 1.82) is 0 Å². The standard InChI is InChI=1S/C25H24ClN3O4S/c1-3-28-20-7-5-4-6-18(20)19-15-17(9-10-21(19)28)27-25(30)24-12-13-29(34(2,31)32)22-14-16(26)8-11-23(22)33-24/h4-11,14-15,24H,3,12-13H2,1-2H3,(H,27,30). The minimum atomic E-state index is -3.57. The highest BCUT2D eigenvalue weighted by atomic mass is 35.5. The Morgan fingerprint density at radius 2 is 1.85 bits per heavy atom. The highest BCUT2D eigenvalue weighted by molar-refractivity contribution is 7.92. The molecule has 34 heavy (non-hydrogen) atoms. The first-order valence-corrected chi connectivity index (χ1v) is 13.2. The first kappa shape index (κ1) is 22.6. The number of hydrogen-bond acceptors (Lipinski definition) is 4. The number of anilines is 2. The maximum atomic E-state index is 13.2. The normalized spacial score (nSPS) is 16.2. The number of halogens is 1. The molecule has 2 heterocycles. The predicted molar refractivity (Wildman–Crippen MR) is 136 cm³/mol. The molecule has 1 amide bonds. The van der Waals surface area contributed by atoms with E-state index in [4.69, 9.17) is 16.3 Å². The predicted octanol–water partition coefficient (Wildman–Crippen LogP) is 5.02. The van der Waals surface area contributed by atoms with Gasteiger partial charge in [0.15, 0.2) is 6.10 Å². The van der Waals surface area contributed by atoms with Gasteiger partial charge in [-0.1, -0.05) is 29.8 Å². The fourth-order valence-corrected chi connectivity index (χ4v) is 5.68. The van der Waals surface area contributed by atoms with E-state index in [0.29, 0.717) is 22.1 Å². The Morgan fingerprint density at radius 3 is 2.62 bits per heavy atom. The molecule has 7 nitrogen and oxygen atoms in total. The van der Waals surface area contributed by atoms with Crippen LogP contribution in [0.5, 0.6) is 5.75 Å². The monoisotopic (exact) mass is 497 g/mol. The molecule has 0 fully saturated rings. The van der Waals surface area contributed by atoms with E-state index in [9.17, 15) is 13.2 Å². The maximum absolute atomic E-state index is 13.2. The van der Waals surface area contributed by atoms with Crippen LogP contribution in [0.2, 0.25) is 5.02 Å². The number of ether oxygens (including phenoxy) is 1. The third-order valence-electron chi connectivity index (χ3n) is 6.10. The smallest absolute Gasteiger partial charge is 0.265 e.